The minimum Gasteiger partial charge on any atom is -0.430 e. The van der Waals surface area contributed by atoms with Crippen molar-refractivity contribution in [3.05, 3.63) is 0 Å². The van der Waals surface area contributed by atoms with Crippen LogP contribution >= 0.6 is 0 Å². The molecule has 2 aliphatic heterocycles. The number of hydrogen-bond acceptors (Lipinski definition) is 9. The Balaban J connectivity index is 1.47. The first-order valence-electron chi connectivity index (χ1n) is 7.50. The van der Waals surface area contributed by atoms with E-state index in [1.165, 1.54) is 0 Å². The minimum atomic E-state index is -0.661. The molecule has 9 nitrogen and oxygen atoms in total. The summed E-state index contributed by atoms with van der Waals surface area (Å²) in [5.74, 6) is 0. The molecule has 2 aliphatic rings. The maximum Gasteiger partial charge on any atom is 0.508 e. The average molecular weight is 334 g/mol. The molecule has 0 aromatic heterocycles. The summed E-state index contributed by atoms with van der Waals surface area (Å²) in [6.45, 7) is 5.46. The van der Waals surface area contributed by atoms with Crippen LogP contribution in [0.3, 0.4) is 0 Å². The second-order valence-corrected chi connectivity index (χ2v) is 5.43. The van der Waals surface area contributed by atoms with Crippen molar-refractivity contribution in [2.75, 3.05) is 39.6 Å². The topological polar surface area (TPSA) is 98.8 Å². The van der Waals surface area contributed by atoms with Gasteiger partial charge in [-0.1, -0.05) is 0 Å². The Bertz CT molecular complexity index is 400. The molecule has 132 valence electrons. The van der Waals surface area contributed by atoms with Crippen LogP contribution in [0.4, 0.5) is 9.59 Å². The molecule has 0 radical (unpaired) electrons. The van der Waals surface area contributed by atoms with Crippen LogP contribution < -0.4 is 0 Å². The van der Waals surface area contributed by atoms with Gasteiger partial charge in [0, 0.05) is 0 Å². The Kier molecular flexibility index (Phi) is 6.87. The summed E-state index contributed by atoms with van der Waals surface area (Å²) in [6.07, 6.45) is -2.32. The first-order chi connectivity index (χ1) is 11.0. The predicted molar refractivity (Wildman–Crippen MR) is 74.1 cm³/mol. The van der Waals surface area contributed by atoms with Gasteiger partial charge in [0.05, 0.1) is 38.6 Å². The van der Waals surface area contributed by atoms with Gasteiger partial charge in [0.15, 0.2) is 12.2 Å². The number of ether oxygens (including phenoxy) is 7. The second-order valence-electron chi connectivity index (χ2n) is 5.43. The Morgan fingerprint density at radius 3 is 2.04 bits per heavy atom. The lowest BCUT2D eigenvalue weighted by molar-refractivity contribution is -0.0739. The zero-order valence-corrected chi connectivity index (χ0v) is 13.2. The molecular formula is C14H22O9. The average Bonchev–Trinajstić information content (AvgIpc) is 3.11. The van der Waals surface area contributed by atoms with Gasteiger partial charge in [-0.25, -0.2) is 9.59 Å². The van der Waals surface area contributed by atoms with Gasteiger partial charge in [0.25, 0.3) is 0 Å². The molecule has 23 heavy (non-hydrogen) atoms. The molecule has 2 saturated heterocycles. The summed E-state index contributed by atoms with van der Waals surface area (Å²) >= 11 is 0. The van der Waals surface area contributed by atoms with E-state index in [-0.39, 0.29) is 50.8 Å². The van der Waals surface area contributed by atoms with Crippen LogP contribution in [-0.4, -0.2) is 76.4 Å². The third-order valence-corrected chi connectivity index (χ3v) is 3.14. The van der Waals surface area contributed by atoms with E-state index in [1.807, 2.05) is 13.8 Å². The Morgan fingerprint density at radius 2 is 1.48 bits per heavy atom. The third kappa shape index (κ3) is 6.59. The zero-order valence-electron chi connectivity index (χ0n) is 13.2. The van der Waals surface area contributed by atoms with Gasteiger partial charge in [-0.15, -0.1) is 0 Å². The fourth-order valence-corrected chi connectivity index (χ4v) is 1.93. The van der Waals surface area contributed by atoms with Crippen molar-refractivity contribution < 1.29 is 42.7 Å². The van der Waals surface area contributed by atoms with Gasteiger partial charge in [-0.05, 0) is 13.8 Å². The highest BCUT2D eigenvalue weighted by atomic mass is 16.8. The number of hydrogen-bond donors (Lipinski definition) is 0. The molecule has 2 rings (SSSR count). The van der Waals surface area contributed by atoms with Crippen molar-refractivity contribution in [3.8, 4) is 0 Å². The summed E-state index contributed by atoms with van der Waals surface area (Å²) in [5, 5.41) is 0. The first kappa shape index (κ1) is 17.8. The number of carbonyl (C=O) groups is 2. The quantitative estimate of drug-likeness (QED) is 0.539. The minimum absolute atomic E-state index is 0.133. The van der Waals surface area contributed by atoms with E-state index >= 15 is 0 Å². The van der Waals surface area contributed by atoms with E-state index in [4.69, 9.17) is 23.7 Å². The van der Waals surface area contributed by atoms with Gasteiger partial charge >= 0.3 is 12.3 Å². The Morgan fingerprint density at radius 1 is 0.913 bits per heavy atom. The monoisotopic (exact) mass is 334 g/mol. The molecule has 0 amide bonds. The smallest absolute Gasteiger partial charge is 0.430 e. The van der Waals surface area contributed by atoms with Gasteiger partial charge in [0.1, 0.15) is 13.2 Å². The number of rotatable bonds is 10. The molecular weight excluding hydrogens is 312 g/mol. The lowest BCUT2D eigenvalue weighted by atomic mass is 10.3. The highest BCUT2D eigenvalue weighted by Gasteiger charge is 2.26. The van der Waals surface area contributed by atoms with E-state index < -0.39 is 12.3 Å². The molecule has 4 unspecified atom stereocenters. The van der Waals surface area contributed by atoms with Crippen molar-refractivity contribution in [2.45, 2.75) is 38.3 Å². The molecule has 0 saturated carbocycles. The fourth-order valence-electron chi connectivity index (χ4n) is 1.93. The van der Waals surface area contributed by atoms with E-state index in [2.05, 4.69) is 9.47 Å². The molecule has 0 aromatic carbocycles. The van der Waals surface area contributed by atoms with Crippen molar-refractivity contribution in [3.63, 3.8) is 0 Å². The largest absolute Gasteiger partial charge is 0.508 e. The molecule has 2 fully saturated rings. The summed E-state index contributed by atoms with van der Waals surface area (Å²) in [7, 11) is 0. The highest BCUT2D eigenvalue weighted by Crippen LogP contribution is 2.09. The summed E-state index contributed by atoms with van der Waals surface area (Å²) < 4.78 is 35.5. The lowest BCUT2D eigenvalue weighted by Crippen LogP contribution is -2.28. The number of carbonyl (C=O) groups excluding carboxylic acids is 2. The molecule has 2 heterocycles. The van der Waals surface area contributed by atoms with Gasteiger partial charge in [-0.2, -0.15) is 0 Å². The van der Waals surface area contributed by atoms with Crippen molar-refractivity contribution in [2.24, 2.45) is 0 Å². The van der Waals surface area contributed by atoms with E-state index in [0.29, 0.717) is 13.2 Å². The maximum absolute atomic E-state index is 10.8. The Labute approximate surface area is 134 Å². The standard InChI is InChI=1S/C14H22O9/c1-9(3-17-5-11-7-20-13(15)22-11)18-4-10(2)19-6-12-8-21-14(16)23-12/h9-12H,3-8H2,1-2H3. The van der Waals surface area contributed by atoms with Gasteiger partial charge in [-0.3, -0.25) is 0 Å². The van der Waals surface area contributed by atoms with Crippen LogP contribution in [0.25, 0.3) is 0 Å². The van der Waals surface area contributed by atoms with Gasteiger partial charge in [0.2, 0.25) is 0 Å². The zero-order chi connectivity index (χ0) is 16.7. The Hall–Kier alpha value is -1.58. The maximum atomic E-state index is 10.8. The summed E-state index contributed by atoms with van der Waals surface area (Å²) in [4.78, 5) is 21.5. The second kappa shape index (κ2) is 8.90. The van der Waals surface area contributed by atoms with E-state index in [1.54, 1.807) is 0 Å². The number of cyclic esters (lactones) is 4. The first-order valence-corrected chi connectivity index (χ1v) is 7.50. The predicted octanol–water partition coefficient (Wildman–Crippen LogP) is 0.884. The molecule has 4 atom stereocenters. The molecule has 0 N–H and O–H groups in total. The van der Waals surface area contributed by atoms with E-state index in [9.17, 15) is 9.59 Å². The fraction of sp³-hybridized carbons (Fsp3) is 0.857. The SMILES string of the molecule is CC(COCC1COC(=O)O1)OCC(C)OCC1COC(=O)O1. The van der Waals surface area contributed by atoms with Crippen molar-refractivity contribution in [1.29, 1.82) is 0 Å². The third-order valence-electron chi connectivity index (χ3n) is 3.14. The van der Waals surface area contributed by atoms with Crippen molar-refractivity contribution >= 4 is 12.3 Å². The lowest BCUT2D eigenvalue weighted by Gasteiger charge is -2.19. The normalized spacial score (nSPS) is 26.2. The molecule has 0 aliphatic carbocycles. The molecule has 0 bridgehead atoms. The van der Waals surface area contributed by atoms with Crippen LogP contribution in [0.15, 0.2) is 0 Å². The molecule has 0 spiro atoms. The van der Waals surface area contributed by atoms with Crippen LogP contribution in [0.5, 0.6) is 0 Å². The van der Waals surface area contributed by atoms with Crippen LogP contribution in [0, 0.1) is 0 Å². The van der Waals surface area contributed by atoms with Crippen LogP contribution in [0.2, 0.25) is 0 Å². The van der Waals surface area contributed by atoms with Crippen LogP contribution in [0.1, 0.15) is 13.8 Å². The van der Waals surface area contributed by atoms with Gasteiger partial charge < -0.3 is 33.2 Å². The highest BCUT2D eigenvalue weighted by molar-refractivity contribution is 5.62. The van der Waals surface area contributed by atoms with Crippen molar-refractivity contribution in [1.82, 2.24) is 0 Å². The van der Waals surface area contributed by atoms with Crippen LogP contribution in [-0.2, 0) is 33.2 Å². The summed E-state index contributed by atoms with van der Waals surface area (Å²) in [5.41, 5.74) is 0. The summed E-state index contributed by atoms with van der Waals surface area (Å²) in [6, 6.07) is 0. The van der Waals surface area contributed by atoms with E-state index in [0.717, 1.165) is 0 Å². The molecule has 9 heteroatoms. The molecule has 0 aromatic rings.